The summed E-state index contributed by atoms with van der Waals surface area (Å²) < 4.78 is 38.3. The smallest absolute Gasteiger partial charge is 0.372 e. The maximum absolute atomic E-state index is 12.8. The van der Waals surface area contributed by atoms with Gasteiger partial charge in [0.05, 0.1) is 11.3 Å². The Balaban J connectivity index is 3.37. The molecule has 1 rings (SSSR count). The van der Waals surface area contributed by atoms with Gasteiger partial charge >= 0.3 is 6.18 Å². The SMILES string of the molecule is CC(=O)c1cc(C(F)(F)F)cnc1C(O)N(C(C)C)C(C)C. The molecule has 0 aromatic carbocycles. The summed E-state index contributed by atoms with van der Waals surface area (Å²) in [6.45, 7) is 8.55. The molecule has 4 nitrogen and oxygen atoms in total. The minimum absolute atomic E-state index is 0.0529. The fourth-order valence-electron chi connectivity index (χ4n) is 2.42. The monoisotopic (exact) mass is 318 g/mol. The number of carbonyl (C=O) groups excluding carboxylic acids is 1. The van der Waals surface area contributed by atoms with E-state index in [1.54, 1.807) is 4.90 Å². The first-order valence-electron chi connectivity index (χ1n) is 7.00. The highest BCUT2D eigenvalue weighted by Crippen LogP contribution is 2.32. The van der Waals surface area contributed by atoms with Gasteiger partial charge in [-0.15, -0.1) is 0 Å². The highest BCUT2D eigenvalue weighted by atomic mass is 19.4. The number of ketones is 1. The van der Waals surface area contributed by atoms with E-state index in [1.807, 2.05) is 27.7 Å². The first kappa shape index (κ1) is 18.6. The number of aliphatic hydroxyl groups excluding tert-OH is 1. The van der Waals surface area contributed by atoms with Crippen LogP contribution < -0.4 is 0 Å². The number of pyridine rings is 1. The lowest BCUT2D eigenvalue weighted by Gasteiger charge is -2.35. The molecule has 0 saturated carbocycles. The maximum Gasteiger partial charge on any atom is 0.417 e. The van der Waals surface area contributed by atoms with Crippen molar-refractivity contribution >= 4 is 5.78 Å². The standard InChI is InChI=1S/C15H21F3N2O2/c1-8(2)20(9(3)4)14(22)13-12(10(5)21)6-11(7-19-13)15(16,17)18/h6-9,14,22H,1-5H3. The number of aromatic nitrogens is 1. The number of alkyl halides is 3. The quantitative estimate of drug-likeness (QED) is 0.668. The van der Waals surface area contributed by atoms with Crippen molar-refractivity contribution in [2.24, 2.45) is 0 Å². The zero-order chi connectivity index (χ0) is 17.2. The van der Waals surface area contributed by atoms with Gasteiger partial charge in [-0.25, -0.2) is 0 Å². The number of hydrogen-bond donors (Lipinski definition) is 1. The van der Waals surface area contributed by atoms with E-state index >= 15 is 0 Å². The third kappa shape index (κ3) is 4.04. The molecule has 7 heteroatoms. The van der Waals surface area contributed by atoms with Crippen LogP contribution in [0, 0.1) is 0 Å². The lowest BCUT2D eigenvalue weighted by Crippen LogP contribution is -2.41. The van der Waals surface area contributed by atoms with Crippen molar-refractivity contribution in [1.82, 2.24) is 9.88 Å². The van der Waals surface area contributed by atoms with Crippen LogP contribution in [0.1, 0.15) is 62.5 Å². The van der Waals surface area contributed by atoms with Crippen LogP contribution in [-0.4, -0.2) is 32.9 Å². The van der Waals surface area contributed by atoms with E-state index in [9.17, 15) is 23.1 Å². The van der Waals surface area contributed by atoms with E-state index in [0.29, 0.717) is 6.20 Å². The Morgan fingerprint density at radius 2 is 1.73 bits per heavy atom. The summed E-state index contributed by atoms with van der Waals surface area (Å²) in [5.41, 5.74) is -1.27. The van der Waals surface area contributed by atoms with E-state index in [-0.39, 0.29) is 23.3 Å². The van der Waals surface area contributed by atoms with Crippen LogP contribution in [0.5, 0.6) is 0 Å². The number of aliphatic hydroxyl groups is 1. The van der Waals surface area contributed by atoms with E-state index in [4.69, 9.17) is 0 Å². The topological polar surface area (TPSA) is 53.4 Å². The molecule has 1 unspecified atom stereocenters. The van der Waals surface area contributed by atoms with Crippen molar-refractivity contribution in [3.05, 3.63) is 29.1 Å². The Bertz CT molecular complexity index is 534. The Labute approximate surface area is 128 Å². The van der Waals surface area contributed by atoms with Crippen LogP contribution in [-0.2, 0) is 6.18 Å². The molecule has 1 atom stereocenters. The molecular weight excluding hydrogens is 297 g/mol. The fraction of sp³-hybridized carbons (Fsp3) is 0.600. The number of Topliss-reactive ketones (excluding diaryl/α,β-unsaturated/α-hetero) is 1. The molecule has 0 aliphatic heterocycles. The number of carbonyl (C=O) groups is 1. The van der Waals surface area contributed by atoms with Gasteiger partial charge in [-0.2, -0.15) is 13.2 Å². The molecule has 124 valence electrons. The summed E-state index contributed by atoms with van der Waals surface area (Å²) in [6.07, 6.45) is -5.19. The fourth-order valence-corrected chi connectivity index (χ4v) is 2.42. The third-order valence-corrected chi connectivity index (χ3v) is 3.34. The van der Waals surface area contributed by atoms with Gasteiger partial charge in [0, 0.05) is 23.8 Å². The van der Waals surface area contributed by atoms with Gasteiger partial charge in [0.15, 0.2) is 12.0 Å². The summed E-state index contributed by atoms with van der Waals surface area (Å²) in [5.74, 6) is -0.569. The van der Waals surface area contributed by atoms with Gasteiger partial charge in [-0.05, 0) is 40.7 Å². The van der Waals surface area contributed by atoms with E-state index in [2.05, 4.69) is 4.98 Å². The second kappa shape index (κ2) is 6.75. The lowest BCUT2D eigenvalue weighted by atomic mass is 10.0. The third-order valence-electron chi connectivity index (χ3n) is 3.34. The van der Waals surface area contributed by atoms with Crippen molar-refractivity contribution in [1.29, 1.82) is 0 Å². The second-order valence-corrected chi connectivity index (χ2v) is 5.72. The summed E-state index contributed by atoms with van der Waals surface area (Å²) in [6, 6.07) is 0.602. The minimum atomic E-state index is -4.59. The molecule has 0 radical (unpaired) electrons. The van der Waals surface area contributed by atoms with Crippen LogP contribution in [0.15, 0.2) is 12.3 Å². The first-order valence-corrected chi connectivity index (χ1v) is 7.00. The van der Waals surface area contributed by atoms with Crippen molar-refractivity contribution in [2.45, 2.75) is 59.1 Å². The molecule has 0 amide bonds. The molecule has 0 aliphatic rings. The predicted octanol–water partition coefficient (Wildman–Crippen LogP) is 3.41. The van der Waals surface area contributed by atoms with Gasteiger partial charge in [-0.1, -0.05) is 0 Å². The van der Waals surface area contributed by atoms with Crippen LogP contribution in [0.25, 0.3) is 0 Å². The molecule has 1 N–H and O–H groups in total. The van der Waals surface area contributed by atoms with E-state index in [0.717, 1.165) is 13.0 Å². The largest absolute Gasteiger partial charge is 0.417 e. The number of halogens is 3. The van der Waals surface area contributed by atoms with Gasteiger partial charge in [0.25, 0.3) is 0 Å². The second-order valence-electron chi connectivity index (χ2n) is 5.72. The molecule has 1 heterocycles. The summed E-state index contributed by atoms with van der Waals surface area (Å²) in [4.78, 5) is 17.1. The molecule has 0 fully saturated rings. The van der Waals surface area contributed by atoms with E-state index < -0.39 is 23.8 Å². The Morgan fingerprint density at radius 1 is 1.23 bits per heavy atom. The Morgan fingerprint density at radius 3 is 2.09 bits per heavy atom. The summed E-state index contributed by atoms with van der Waals surface area (Å²) in [7, 11) is 0. The normalized spacial score (nSPS) is 14.0. The van der Waals surface area contributed by atoms with Crippen molar-refractivity contribution in [2.75, 3.05) is 0 Å². The van der Waals surface area contributed by atoms with Crippen LogP contribution in [0.3, 0.4) is 0 Å². The van der Waals surface area contributed by atoms with Crippen LogP contribution in [0.2, 0.25) is 0 Å². The number of hydrogen-bond acceptors (Lipinski definition) is 4. The lowest BCUT2D eigenvalue weighted by molar-refractivity contribution is -0.138. The number of nitrogens with zero attached hydrogens (tertiary/aromatic N) is 2. The highest BCUT2D eigenvalue weighted by Gasteiger charge is 2.34. The van der Waals surface area contributed by atoms with Gasteiger partial charge < -0.3 is 5.11 Å². The zero-order valence-electron chi connectivity index (χ0n) is 13.3. The first-order chi connectivity index (χ1) is 9.96. The maximum atomic E-state index is 12.8. The average Bonchev–Trinajstić information content (AvgIpc) is 2.35. The number of rotatable bonds is 5. The molecule has 1 aromatic heterocycles. The summed E-state index contributed by atoms with van der Waals surface area (Å²) >= 11 is 0. The summed E-state index contributed by atoms with van der Waals surface area (Å²) in [5, 5.41) is 10.5. The van der Waals surface area contributed by atoms with Crippen molar-refractivity contribution in [3.8, 4) is 0 Å². The zero-order valence-corrected chi connectivity index (χ0v) is 13.3. The van der Waals surface area contributed by atoms with Gasteiger partial charge in [0.2, 0.25) is 0 Å². The highest BCUT2D eigenvalue weighted by molar-refractivity contribution is 5.95. The molecule has 0 aliphatic carbocycles. The molecule has 0 spiro atoms. The molecule has 0 bridgehead atoms. The molecular formula is C15H21F3N2O2. The molecule has 1 aromatic rings. The van der Waals surface area contributed by atoms with Crippen LogP contribution >= 0.6 is 0 Å². The Kier molecular flexibility index (Phi) is 5.70. The van der Waals surface area contributed by atoms with Gasteiger partial charge in [-0.3, -0.25) is 14.7 Å². The van der Waals surface area contributed by atoms with Crippen molar-refractivity contribution < 1.29 is 23.1 Å². The molecule has 22 heavy (non-hydrogen) atoms. The minimum Gasteiger partial charge on any atom is -0.372 e. The average molecular weight is 318 g/mol. The van der Waals surface area contributed by atoms with Crippen molar-refractivity contribution in [3.63, 3.8) is 0 Å². The molecule has 0 saturated heterocycles. The van der Waals surface area contributed by atoms with Gasteiger partial charge in [0.1, 0.15) is 0 Å². The predicted molar refractivity (Wildman–Crippen MR) is 76.3 cm³/mol. The van der Waals surface area contributed by atoms with Crippen LogP contribution in [0.4, 0.5) is 13.2 Å². The Hall–Kier alpha value is -1.47. The van der Waals surface area contributed by atoms with E-state index in [1.165, 1.54) is 0 Å².